The molecule has 0 aliphatic heterocycles. The average Bonchev–Trinajstić information content (AvgIpc) is 2.35. The number of carbonyl (C=O) groups excluding carboxylic acids is 2. The highest BCUT2D eigenvalue weighted by Gasteiger charge is 2.10. The minimum absolute atomic E-state index is 0.254. The van der Waals surface area contributed by atoms with Crippen LogP contribution in [0.2, 0.25) is 0 Å². The smallest absolute Gasteiger partial charge is 0.248 e. The van der Waals surface area contributed by atoms with Gasteiger partial charge in [0.25, 0.3) is 0 Å². The van der Waals surface area contributed by atoms with Gasteiger partial charge in [0, 0.05) is 22.9 Å². The van der Waals surface area contributed by atoms with Crippen molar-refractivity contribution in [1.29, 1.82) is 0 Å². The van der Waals surface area contributed by atoms with Crippen LogP contribution in [0.5, 0.6) is 0 Å². The molecule has 5 nitrogen and oxygen atoms in total. The summed E-state index contributed by atoms with van der Waals surface area (Å²) >= 11 is 0. The largest absolute Gasteiger partial charge is 0.383 e. The fraction of sp³-hybridized carbons (Fsp3) is 0.429. The molecule has 1 aromatic carbocycles. The van der Waals surface area contributed by atoms with Crippen molar-refractivity contribution in [1.82, 2.24) is 0 Å². The van der Waals surface area contributed by atoms with Crippen molar-refractivity contribution in [2.75, 3.05) is 5.32 Å². The molecular weight excluding hydrogens is 242 g/mol. The van der Waals surface area contributed by atoms with Crippen molar-refractivity contribution in [3.05, 3.63) is 29.3 Å². The second-order valence-corrected chi connectivity index (χ2v) is 4.72. The highest BCUT2D eigenvalue weighted by atomic mass is 16.1. The van der Waals surface area contributed by atoms with E-state index in [4.69, 9.17) is 11.5 Å². The number of primary amides is 2. The molecule has 5 N–H and O–H groups in total. The van der Waals surface area contributed by atoms with E-state index in [0.717, 1.165) is 19.3 Å². The van der Waals surface area contributed by atoms with Gasteiger partial charge in [-0.2, -0.15) is 0 Å². The molecule has 0 bridgehead atoms. The minimum atomic E-state index is -0.577. The van der Waals surface area contributed by atoms with Crippen LogP contribution in [0.15, 0.2) is 18.2 Å². The molecule has 2 amide bonds. The van der Waals surface area contributed by atoms with E-state index in [0.29, 0.717) is 5.69 Å². The summed E-state index contributed by atoms with van der Waals surface area (Å²) in [6.07, 6.45) is 3.26. The van der Waals surface area contributed by atoms with Gasteiger partial charge in [-0.3, -0.25) is 9.59 Å². The zero-order valence-corrected chi connectivity index (χ0v) is 11.4. The van der Waals surface area contributed by atoms with Crippen LogP contribution in [0.25, 0.3) is 0 Å². The Morgan fingerprint density at radius 1 is 1.16 bits per heavy atom. The standard InChI is InChI=1S/C14H21N3O2/c1-3-4-5-9(2)17-12-7-10(13(15)18)6-11(8-12)14(16)19/h6-9,17H,3-5H2,1-2H3,(H2,15,18)(H2,16,19). The molecule has 0 fully saturated rings. The fourth-order valence-electron chi connectivity index (χ4n) is 1.86. The Hall–Kier alpha value is -2.04. The highest BCUT2D eigenvalue weighted by Crippen LogP contribution is 2.17. The van der Waals surface area contributed by atoms with E-state index in [2.05, 4.69) is 19.2 Å². The summed E-state index contributed by atoms with van der Waals surface area (Å²) in [5.74, 6) is -1.15. The molecule has 104 valence electrons. The summed E-state index contributed by atoms with van der Waals surface area (Å²) in [6.45, 7) is 4.18. The van der Waals surface area contributed by atoms with Crippen molar-refractivity contribution in [3.63, 3.8) is 0 Å². The van der Waals surface area contributed by atoms with E-state index in [-0.39, 0.29) is 17.2 Å². The van der Waals surface area contributed by atoms with E-state index in [1.807, 2.05) is 0 Å². The van der Waals surface area contributed by atoms with Crippen LogP contribution in [0.1, 0.15) is 53.8 Å². The second kappa shape index (κ2) is 6.78. The number of rotatable bonds is 7. The normalized spacial score (nSPS) is 11.9. The zero-order chi connectivity index (χ0) is 14.4. The highest BCUT2D eigenvalue weighted by molar-refractivity contribution is 5.99. The molecule has 0 saturated carbocycles. The quantitative estimate of drug-likeness (QED) is 0.700. The first-order valence-corrected chi connectivity index (χ1v) is 6.45. The molecule has 0 radical (unpaired) electrons. The van der Waals surface area contributed by atoms with Crippen LogP contribution in [-0.4, -0.2) is 17.9 Å². The Morgan fingerprint density at radius 3 is 2.11 bits per heavy atom. The third-order valence-corrected chi connectivity index (χ3v) is 2.91. The maximum atomic E-state index is 11.2. The van der Waals surface area contributed by atoms with Gasteiger partial charge in [0.15, 0.2) is 0 Å². The zero-order valence-electron chi connectivity index (χ0n) is 11.4. The van der Waals surface area contributed by atoms with Crippen LogP contribution in [0.3, 0.4) is 0 Å². The van der Waals surface area contributed by atoms with Gasteiger partial charge in [0.1, 0.15) is 0 Å². The summed E-state index contributed by atoms with van der Waals surface area (Å²) in [7, 11) is 0. The van der Waals surface area contributed by atoms with Crippen molar-refractivity contribution in [2.45, 2.75) is 39.2 Å². The van der Waals surface area contributed by atoms with Crippen molar-refractivity contribution >= 4 is 17.5 Å². The number of hydrogen-bond acceptors (Lipinski definition) is 3. The molecule has 1 atom stereocenters. The molecule has 1 unspecified atom stereocenters. The van der Waals surface area contributed by atoms with E-state index >= 15 is 0 Å². The monoisotopic (exact) mass is 263 g/mol. The number of nitrogens with one attached hydrogen (secondary N) is 1. The number of amides is 2. The first-order valence-electron chi connectivity index (χ1n) is 6.45. The predicted octanol–water partition coefficient (Wildman–Crippen LogP) is 1.88. The Labute approximate surface area is 113 Å². The predicted molar refractivity (Wildman–Crippen MR) is 76.1 cm³/mol. The van der Waals surface area contributed by atoms with Gasteiger partial charge >= 0.3 is 0 Å². The summed E-state index contributed by atoms with van der Waals surface area (Å²) in [5, 5.41) is 3.25. The molecule has 0 spiro atoms. The maximum absolute atomic E-state index is 11.2. The molecule has 0 aliphatic rings. The van der Waals surface area contributed by atoms with E-state index in [1.165, 1.54) is 6.07 Å². The summed E-state index contributed by atoms with van der Waals surface area (Å²) in [6, 6.07) is 4.94. The number of nitrogens with two attached hydrogens (primary N) is 2. The second-order valence-electron chi connectivity index (χ2n) is 4.72. The lowest BCUT2D eigenvalue weighted by atomic mass is 10.1. The van der Waals surface area contributed by atoms with Crippen LogP contribution < -0.4 is 16.8 Å². The summed E-state index contributed by atoms with van der Waals surface area (Å²) < 4.78 is 0. The van der Waals surface area contributed by atoms with Gasteiger partial charge in [0.2, 0.25) is 11.8 Å². The molecule has 0 heterocycles. The molecule has 0 aromatic heterocycles. The van der Waals surface area contributed by atoms with Gasteiger partial charge in [-0.15, -0.1) is 0 Å². The van der Waals surface area contributed by atoms with Crippen LogP contribution in [0, 0.1) is 0 Å². The van der Waals surface area contributed by atoms with Gasteiger partial charge in [-0.1, -0.05) is 19.8 Å². The Bertz CT molecular complexity index is 440. The first kappa shape index (κ1) is 15.0. The molecule has 0 aliphatic carbocycles. The van der Waals surface area contributed by atoms with Gasteiger partial charge < -0.3 is 16.8 Å². The van der Waals surface area contributed by atoms with Crippen molar-refractivity contribution in [2.24, 2.45) is 11.5 Å². The SMILES string of the molecule is CCCCC(C)Nc1cc(C(N)=O)cc(C(N)=O)c1. The third kappa shape index (κ3) is 4.62. The number of unbranched alkanes of at least 4 members (excludes halogenated alkanes) is 1. The topological polar surface area (TPSA) is 98.2 Å². The molecule has 1 aromatic rings. The molecule has 5 heteroatoms. The lowest BCUT2D eigenvalue weighted by Gasteiger charge is -2.16. The number of hydrogen-bond donors (Lipinski definition) is 3. The number of anilines is 1. The van der Waals surface area contributed by atoms with Gasteiger partial charge in [-0.25, -0.2) is 0 Å². The van der Waals surface area contributed by atoms with Gasteiger partial charge in [-0.05, 0) is 31.5 Å². The summed E-state index contributed by atoms with van der Waals surface area (Å²) in [5.41, 5.74) is 11.7. The fourth-order valence-corrected chi connectivity index (χ4v) is 1.86. The average molecular weight is 263 g/mol. The van der Waals surface area contributed by atoms with E-state index in [9.17, 15) is 9.59 Å². The Kier molecular flexibility index (Phi) is 5.36. The van der Waals surface area contributed by atoms with Crippen LogP contribution in [-0.2, 0) is 0 Å². The Morgan fingerprint density at radius 2 is 1.68 bits per heavy atom. The first-order chi connectivity index (χ1) is 8.93. The van der Waals surface area contributed by atoms with Crippen LogP contribution >= 0.6 is 0 Å². The molecule has 0 saturated heterocycles. The van der Waals surface area contributed by atoms with Gasteiger partial charge in [0.05, 0.1) is 0 Å². The molecule has 1 rings (SSSR count). The van der Waals surface area contributed by atoms with Crippen molar-refractivity contribution in [3.8, 4) is 0 Å². The lowest BCUT2D eigenvalue weighted by Crippen LogP contribution is -2.19. The number of carbonyl (C=O) groups is 2. The summed E-state index contributed by atoms with van der Waals surface area (Å²) in [4.78, 5) is 22.5. The maximum Gasteiger partial charge on any atom is 0.248 e. The van der Waals surface area contributed by atoms with Crippen LogP contribution in [0.4, 0.5) is 5.69 Å². The molecular formula is C14H21N3O2. The Balaban J connectivity index is 2.93. The third-order valence-electron chi connectivity index (χ3n) is 2.91. The van der Waals surface area contributed by atoms with Crippen molar-refractivity contribution < 1.29 is 9.59 Å². The van der Waals surface area contributed by atoms with E-state index in [1.54, 1.807) is 12.1 Å². The minimum Gasteiger partial charge on any atom is -0.383 e. The van der Waals surface area contributed by atoms with E-state index < -0.39 is 11.8 Å². The lowest BCUT2D eigenvalue weighted by molar-refractivity contribution is 0.0999. The number of benzene rings is 1. The molecule has 19 heavy (non-hydrogen) atoms.